The molecule has 1 saturated carbocycles. The summed E-state index contributed by atoms with van der Waals surface area (Å²) in [6.45, 7) is 0. The molecule has 32 heavy (non-hydrogen) atoms. The average molecular weight is 519 g/mol. The van der Waals surface area contributed by atoms with Crippen molar-refractivity contribution < 1.29 is 18.7 Å². The molecular weight excluding hydrogens is 495 g/mol. The highest BCUT2D eigenvalue weighted by molar-refractivity contribution is 9.10. The molecule has 1 amide bonds. The summed E-state index contributed by atoms with van der Waals surface area (Å²) >= 11 is 4.83. The molecule has 1 aliphatic heterocycles. The standard InChI is InChI=1S/C24H24BrFN2O3S/c1-30-20-12-15(17(25)14-21(20)31-2)13-22-23(29)28(16-8-4-3-5-9-16)24(32-22)27-19-11-7-6-10-18(19)26/h6-7,10-14,16H,3-5,8-9H2,1-2H3/b22-13-,27-24?. The van der Waals surface area contributed by atoms with Crippen LogP contribution in [0.4, 0.5) is 10.1 Å². The van der Waals surface area contributed by atoms with Gasteiger partial charge in [0, 0.05) is 10.5 Å². The number of thioether (sulfide) groups is 1. The fourth-order valence-corrected chi connectivity index (χ4v) is 5.47. The van der Waals surface area contributed by atoms with Gasteiger partial charge in [0.2, 0.25) is 0 Å². The predicted molar refractivity (Wildman–Crippen MR) is 130 cm³/mol. The number of ether oxygens (including phenoxy) is 2. The third-order valence-electron chi connectivity index (χ3n) is 5.63. The summed E-state index contributed by atoms with van der Waals surface area (Å²) in [6, 6.07) is 10.1. The number of hydrogen-bond acceptors (Lipinski definition) is 5. The van der Waals surface area contributed by atoms with Crippen LogP contribution in [0.3, 0.4) is 0 Å². The maximum atomic E-state index is 14.3. The van der Waals surface area contributed by atoms with Crippen molar-refractivity contribution >= 4 is 50.5 Å². The zero-order valence-electron chi connectivity index (χ0n) is 17.9. The van der Waals surface area contributed by atoms with Gasteiger partial charge in [-0.15, -0.1) is 0 Å². The molecule has 8 heteroatoms. The molecule has 2 fully saturated rings. The van der Waals surface area contributed by atoms with Crippen molar-refractivity contribution in [1.82, 2.24) is 4.90 Å². The van der Waals surface area contributed by atoms with E-state index in [-0.39, 0.29) is 17.6 Å². The molecule has 2 aromatic carbocycles. The molecule has 5 nitrogen and oxygen atoms in total. The van der Waals surface area contributed by atoms with Gasteiger partial charge in [-0.3, -0.25) is 9.69 Å². The van der Waals surface area contributed by atoms with Crippen LogP contribution in [-0.4, -0.2) is 36.2 Å². The Bertz CT molecular complexity index is 1080. The van der Waals surface area contributed by atoms with Gasteiger partial charge in [-0.2, -0.15) is 0 Å². The van der Waals surface area contributed by atoms with Gasteiger partial charge in [-0.05, 0) is 60.5 Å². The van der Waals surface area contributed by atoms with Gasteiger partial charge < -0.3 is 9.47 Å². The quantitative estimate of drug-likeness (QED) is 0.421. The molecule has 1 heterocycles. The Kier molecular flexibility index (Phi) is 7.20. The van der Waals surface area contributed by atoms with E-state index in [1.54, 1.807) is 37.3 Å². The van der Waals surface area contributed by atoms with Crippen LogP contribution in [0.15, 0.2) is 50.8 Å². The zero-order valence-corrected chi connectivity index (χ0v) is 20.3. The molecule has 0 atom stereocenters. The first kappa shape index (κ1) is 22.9. The van der Waals surface area contributed by atoms with Crippen LogP contribution < -0.4 is 9.47 Å². The highest BCUT2D eigenvalue weighted by Gasteiger charge is 2.39. The van der Waals surface area contributed by atoms with Crippen molar-refractivity contribution in [3.05, 3.63) is 57.2 Å². The monoisotopic (exact) mass is 518 g/mol. The smallest absolute Gasteiger partial charge is 0.267 e. The Morgan fingerprint density at radius 1 is 1.12 bits per heavy atom. The molecule has 0 bridgehead atoms. The highest BCUT2D eigenvalue weighted by Crippen LogP contribution is 2.41. The Morgan fingerprint density at radius 2 is 1.81 bits per heavy atom. The van der Waals surface area contributed by atoms with E-state index in [9.17, 15) is 9.18 Å². The molecule has 2 aliphatic rings. The molecule has 168 valence electrons. The Balaban J connectivity index is 1.75. The average Bonchev–Trinajstić information content (AvgIpc) is 3.11. The minimum absolute atomic E-state index is 0.0778. The third-order valence-corrected chi connectivity index (χ3v) is 7.30. The van der Waals surface area contributed by atoms with E-state index < -0.39 is 5.82 Å². The van der Waals surface area contributed by atoms with Gasteiger partial charge >= 0.3 is 0 Å². The number of amides is 1. The number of methoxy groups -OCH3 is 2. The number of halogens is 2. The van der Waals surface area contributed by atoms with Crippen molar-refractivity contribution in [3.63, 3.8) is 0 Å². The van der Waals surface area contributed by atoms with E-state index in [2.05, 4.69) is 20.9 Å². The highest BCUT2D eigenvalue weighted by atomic mass is 79.9. The third kappa shape index (κ3) is 4.71. The Hall–Kier alpha value is -2.32. The van der Waals surface area contributed by atoms with Crippen LogP contribution in [0.25, 0.3) is 6.08 Å². The largest absolute Gasteiger partial charge is 0.493 e. The Morgan fingerprint density at radius 3 is 2.50 bits per heavy atom. The number of hydrogen-bond donors (Lipinski definition) is 0. The lowest BCUT2D eigenvalue weighted by Gasteiger charge is -2.30. The molecule has 1 saturated heterocycles. The number of para-hydroxylation sites is 1. The molecule has 2 aromatic rings. The lowest BCUT2D eigenvalue weighted by Crippen LogP contribution is -2.40. The van der Waals surface area contributed by atoms with Crippen LogP contribution >= 0.6 is 27.7 Å². The second kappa shape index (κ2) is 10.1. The van der Waals surface area contributed by atoms with E-state index >= 15 is 0 Å². The number of carbonyl (C=O) groups excluding carboxylic acids is 1. The fourth-order valence-electron chi connectivity index (χ4n) is 3.99. The first-order valence-electron chi connectivity index (χ1n) is 10.5. The summed E-state index contributed by atoms with van der Waals surface area (Å²) in [6.07, 6.45) is 7.00. The van der Waals surface area contributed by atoms with Crippen LogP contribution in [0, 0.1) is 5.82 Å². The maximum Gasteiger partial charge on any atom is 0.267 e. The van der Waals surface area contributed by atoms with Crippen molar-refractivity contribution in [2.24, 2.45) is 4.99 Å². The van der Waals surface area contributed by atoms with Gasteiger partial charge in [0.05, 0.1) is 19.1 Å². The summed E-state index contributed by atoms with van der Waals surface area (Å²) in [7, 11) is 3.15. The number of benzene rings is 2. The lowest BCUT2D eigenvalue weighted by molar-refractivity contribution is -0.124. The maximum absolute atomic E-state index is 14.3. The van der Waals surface area contributed by atoms with Gasteiger partial charge in [0.15, 0.2) is 16.7 Å². The molecule has 0 radical (unpaired) electrons. The number of carbonyl (C=O) groups is 1. The van der Waals surface area contributed by atoms with Gasteiger partial charge in [0.25, 0.3) is 5.91 Å². The molecule has 0 spiro atoms. The van der Waals surface area contributed by atoms with Crippen molar-refractivity contribution in [3.8, 4) is 11.5 Å². The number of aliphatic imine (C=N–C) groups is 1. The van der Waals surface area contributed by atoms with Crippen LogP contribution in [-0.2, 0) is 4.79 Å². The molecule has 4 rings (SSSR count). The number of nitrogens with zero attached hydrogens (tertiary/aromatic N) is 2. The normalized spacial score (nSPS) is 19.8. The Labute approximate surface area is 199 Å². The SMILES string of the molecule is COc1cc(Br)c(/C=C2\SC(=Nc3ccccc3F)N(C3CCCCC3)C2=O)cc1OC. The van der Waals surface area contributed by atoms with E-state index in [0.717, 1.165) is 35.7 Å². The van der Waals surface area contributed by atoms with E-state index in [0.29, 0.717) is 21.6 Å². The molecule has 1 aliphatic carbocycles. The van der Waals surface area contributed by atoms with Crippen molar-refractivity contribution in [2.75, 3.05) is 14.2 Å². The van der Waals surface area contributed by atoms with Crippen molar-refractivity contribution in [1.29, 1.82) is 0 Å². The topological polar surface area (TPSA) is 51.1 Å². The number of rotatable bonds is 5. The zero-order chi connectivity index (χ0) is 22.7. The molecular formula is C24H24BrFN2O3S. The predicted octanol–water partition coefficient (Wildman–Crippen LogP) is 6.54. The molecule has 0 N–H and O–H groups in total. The van der Waals surface area contributed by atoms with E-state index in [1.165, 1.54) is 24.2 Å². The first-order chi connectivity index (χ1) is 15.5. The minimum atomic E-state index is -0.406. The van der Waals surface area contributed by atoms with Crippen LogP contribution in [0.5, 0.6) is 11.5 Å². The fraction of sp³-hybridized carbons (Fsp3) is 0.333. The van der Waals surface area contributed by atoms with E-state index in [4.69, 9.17) is 9.47 Å². The van der Waals surface area contributed by atoms with Crippen molar-refractivity contribution in [2.45, 2.75) is 38.1 Å². The molecule has 0 unspecified atom stereocenters. The van der Waals surface area contributed by atoms with E-state index in [1.807, 2.05) is 18.2 Å². The minimum Gasteiger partial charge on any atom is -0.493 e. The van der Waals surface area contributed by atoms with Gasteiger partial charge in [0.1, 0.15) is 11.5 Å². The first-order valence-corrected chi connectivity index (χ1v) is 12.1. The summed E-state index contributed by atoms with van der Waals surface area (Å²) < 4.78 is 25.8. The second-order valence-electron chi connectivity index (χ2n) is 7.65. The van der Waals surface area contributed by atoms with Gasteiger partial charge in [-0.25, -0.2) is 9.38 Å². The summed E-state index contributed by atoms with van der Waals surface area (Å²) in [5.41, 5.74) is 1.02. The summed E-state index contributed by atoms with van der Waals surface area (Å²) in [5, 5.41) is 0.523. The molecule has 0 aromatic heterocycles. The summed E-state index contributed by atoms with van der Waals surface area (Å²) in [5.74, 6) is 0.662. The lowest BCUT2D eigenvalue weighted by atomic mass is 9.94. The summed E-state index contributed by atoms with van der Waals surface area (Å²) in [4.78, 5) is 20.3. The van der Waals surface area contributed by atoms with Crippen LogP contribution in [0.1, 0.15) is 37.7 Å². The van der Waals surface area contributed by atoms with Crippen LogP contribution in [0.2, 0.25) is 0 Å². The number of amidine groups is 1. The second-order valence-corrected chi connectivity index (χ2v) is 9.52. The van der Waals surface area contributed by atoms with Gasteiger partial charge in [-0.1, -0.05) is 47.3 Å².